The maximum absolute atomic E-state index is 12.3. The van der Waals surface area contributed by atoms with Gasteiger partial charge in [-0.2, -0.15) is 0 Å². The van der Waals surface area contributed by atoms with Gasteiger partial charge in [-0.1, -0.05) is 18.2 Å². The molecule has 3 rings (SSSR count). The molecule has 2 aliphatic heterocycles. The van der Waals surface area contributed by atoms with E-state index in [1.165, 1.54) is 4.90 Å². The Balaban J connectivity index is 1.64. The summed E-state index contributed by atoms with van der Waals surface area (Å²) in [7, 11) is 0. The van der Waals surface area contributed by atoms with Crippen LogP contribution in [0.25, 0.3) is 0 Å². The normalized spacial score (nSPS) is 32.1. The zero-order valence-corrected chi connectivity index (χ0v) is 12.3. The van der Waals surface area contributed by atoms with E-state index < -0.39 is 5.60 Å². The number of nitrogens with one attached hydrogen (secondary N) is 1. The molecule has 3 unspecified atom stereocenters. The molecule has 0 spiro atoms. The third-order valence-electron chi connectivity index (χ3n) is 4.24. The third-order valence-corrected chi connectivity index (χ3v) is 5.43. The lowest BCUT2D eigenvalue weighted by atomic mass is 9.95. The monoisotopic (exact) mass is 293 g/mol. The molecule has 5 heteroatoms. The van der Waals surface area contributed by atoms with Gasteiger partial charge in [-0.05, 0) is 18.6 Å². The van der Waals surface area contributed by atoms with Crippen LogP contribution in [0, 0.1) is 0 Å². The first-order valence-electron chi connectivity index (χ1n) is 6.93. The maximum Gasteiger partial charge on any atom is 0.228 e. The van der Waals surface area contributed by atoms with E-state index in [1.807, 2.05) is 31.2 Å². The molecular weight excluding hydrogens is 274 g/mol. The van der Waals surface area contributed by atoms with Crippen LogP contribution in [-0.2, 0) is 9.53 Å². The van der Waals surface area contributed by atoms with E-state index in [1.54, 1.807) is 11.8 Å². The SMILES string of the molecule is CC1OCCC1(O)CNC(=O)C1CSc2ccccc21. The second-order valence-electron chi connectivity index (χ2n) is 5.49. The van der Waals surface area contributed by atoms with Crippen LogP contribution in [0.15, 0.2) is 29.2 Å². The fourth-order valence-electron chi connectivity index (χ4n) is 2.75. The van der Waals surface area contributed by atoms with Crippen LogP contribution in [0.1, 0.15) is 24.8 Å². The summed E-state index contributed by atoms with van der Waals surface area (Å²) in [6.07, 6.45) is 0.345. The first kappa shape index (κ1) is 13.9. The van der Waals surface area contributed by atoms with Gasteiger partial charge in [-0.25, -0.2) is 0 Å². The van der Waals surface area contributed by atoms with Crippen molar-refractivity contribution in [1.29, 1.82) is 0 Å². The minimum Gasteiger partial charge on any atom is -0.385 e. The summed E-state index contributed by atoms with van der Waals surface area (Å²) in [4.78, 5) is 13.5. The molecule has 1 aromatic rings. The Labute approximate surface area is 122 Å². The molecule has 1 amide bonds. The fraction of sp³-hybridized carbons (Fsp3) is 0.533. The number of hydrogen-bond acceptors (Lipinski definition) is 4. The summed E-state index contributed by atoms with van der Waals surface area (Å²) in [5.74, 6) is 0.655. The molecule has 0 bridgehead atoms. The lowest BCUT2D eigenvalue weighted by molar-refractivity contribution is -0.123. The van der Waals surface area contributed by atoms with E-state index in [2.05, 4.69) is 5.32 Å². The molecule has 2 heterocycles. The quantitative estimate of drug-likeness (QED) is 0.887. The van der Waals surface area contributed by atoms with Crippen molar-refractivity contribution in [2.45, 2.75) is 35.9 Å². The van der Waals surface area contributed by atoms with Crippen molar-refractivity contribution < 1.29 is 14.6 Å². The molecule has 0 saturated carbocycles. The van der Waals surface area contributed by atoms with Crippen LogP contribution in [0.2, 0.25) is 0 Å². The molecule has 1 saturated heterocycles. The Morgan fingerprint density at radius 1 is 1.55 bits per heavy atom. The van der Waals surface area contributed by atoms with Gasteiger partial charge in [0.15, 0.2) is 0 Å². The summed E-state index contributed by atoms with van der Waals surface area (Å²) < 4.78 is 5.38. The van der Waals surface area contributed by atoms with Gasteiger partial charge in [0.1, 0.15) is 5.60 Å². The standard InChI is InChI=1S/C15H19NO3S/c1-10-15(18,6-7-19-10)9-16-14(17)12-8-20-13-5-3-2-4-11(12)13/h2-5,10,12,18H,6-9H2,1H3,(H,16,17). The Kier molecular flexibility index (Phi) is 3.75. The molecule has 2 aliphatic rings. The minimum atomic E-state index is -0.930. The zero-order chi connectivity index (χ0) is 14.2. The van der Waals surface area contributed by atoms with E-state index in [0.29, 0.717) is 13.0 Å². The number of ether oxygens (including phenoxy) is 1. The maximum atomic E-state index is 12.3. The first-order valence-corrected chi connectivity index (χ1v) is 7.92. The second-order valence-corrected chi connectivity index (χ2v) is 6.55. The smallest absolute Gasteiger partial charge is 0.228 e. The number of carbonyl (C=O) groups excluding carboxylic acids is 1. The van der Waals surface area contributed by atoms with Crippen molar-refractivity contribution in [1.82, 2.24) is 5.32 Å². The van der Waals surface area contributed by atoms with Gasteiger partial charge in [-0.15, -0.1) is 11.8 Å². The number of benzene rings is 1. The van der Waals surface area contributed by atoms with Crippen molar-refractivity contribution in [2.75, 3.05) is 18.9 Å². The molecular formula is C15H19NO3S. The minimum absolute atomic E-state index is 0.00465. The summed E-state index contributed by atoms with van der Waals surface area (Å²) in [5.41, 5.74) is 0.165. The summed E-state index contributed by atoms with van der Waals surface area (Å²) in [5, 5.41) is 13.3. The number of aliphatic hydroxyl groups is 1. The number of hydrogen-bond donors (Lipinski definition) is 2. The Bertz CT molecular complexity index is 522. The van der Waals surface area contributed by atoms with Gasteiger partial charge >= 0.3 is 0 Å². The van der Waals surface area contributed by atoms with E-state index in [4.69, 9.17) is 4.74 Å². The zero-order valence-electron chi connectivity index (χ0n) is 11.5. The number of fused-ring (bicyclic) bond motifs is 1. The van der Waals surface area contributed by atoms with Crippen molar-refractivity contribution in [3.05, 3.63) is 29.8 Å². The van der Waals surface area contributed by atoms with Crippen LogP contribution < -0.4 is 5.32 Å². The molecule has 2 N–H and O–H groups in total. The summed E-state index contributed by atoms with van der Waals surface area (Å²) in [6, 6.07) is 8.01. The van der Waals surface area contributed by atoms with Gasteiger partial charge in [0.05, 0.1) is 12.0 Å². The fourth-order valence-corrected chi connectivity index (χ4v) is 3.97. The topological polar surface area (TPSA) is 58.6 Å². The molecule has 0 aromatic heterocycles. The highest BCUT2D eigenvalue weighted by Gasteiger charge is 2.40. The number of rotatable bonds is 3. The summed E-state index contributed by atoms with van der Waals surface area (Å²) >= 11 is 1.71. The van der Waals surface area contributed by atoms with Crippen LogP contribution in [-0.4, -0.2) is 41.6 Å². The van der Waals surface area contributed by atoms with E-state index in [9.17, 15) is 9.90 Å². The van der Waals surface area contributed by atoms with Crippen LogP contribution in [0.5, 0.6) is 0 Å². The van der Waals surface area contributed by atoms with E-state index >= 15 is 0 Å². The van der Waals surface area contributed by atoms with Crippen molar-refractivity contribution in [2.24, 2.45) is 0 Å². The van der Waals surface area contributed by atoms with E-state index in [-0.39, 0.29) is 24.5 Å². The second kappa shape index (κ2) is 5.39. The van der Waals surface area contributed by atoms with Crippen LogP contribution in [0.4, 0.5) is 0 Å². The van der Waals surface area contributed by atoms with Crippen molar-refractivity contribution in [3.8, 4) is 0 Å². The molecule has 3 atom stereocenters. The van der Waals surface area contributed by atoms with Gasteiger partial charge in [0.2, 0.25) is 5.91 Å². The van der Waals surface area contributed by atoms with Crippen molar-refractivity contribution in [3.63, 3.8) is 0 Å². The molecule has 1 fully saturated rings. The highest BCUT2D eigenvalue weighted by molar-refractivity contribution is 7.99. The van der Waals surface area contributed by atoms with Gasteiger partial charge < -0.3 is 15.2 Å². The highest BCUT2D eigenvalue weighted by atomic mass is 32.2. The van der Waals surface area contributed by atoms with Gasteiger partial charge in [-0.3, -0.25) is 4.79 Å². The lowest BCUT2D eigenvalue weighted by Crippen LogP contribution is -2.48. The average Bonchev–Trinajstić information content (AvgIpc) is 3.01. The Hall–Kier alpha value is -1.04. The van der Waals surface area contributed by atoms with Crippen LogP contribution >= 0.6 is 11.8 Å². The number of amides is 1. The summed E-state index contributed by atoms with van der Waals surface area (Å²) in [6.45, 7) is 2.66. The highest BCUT2D eigenvalue weighted by Crippen LogP contribution is 2.39. The largest absolute Gasteiger partial charge is 0.385 e. The van der Waals surface area contributed by atoms with Gasteiger partial charge in [0.25, 0.3) is 0 Å². The van der Waals surface area contributed by atoms with Crippen molar-refractivity contribution >= 4 is 17.7 Å². The predicted molar refractivity (Wildman–Crippen MR) is 77.9 cm³/mol. The molecule has 1 aromatic carbocycles. The molecule has 4 nitrogen and oxygen atoms in total. The first-order chi connectivity index (χ1) is 9.60. The lowest BCUT2D eigenvalue weighted by Gasteiger charge is -2.26. The molecule has 108 valence electrons. The molecule has 0 radical (unpaired) electrons. The van der Waals surface area contributed by atoms with E-state index in [0.717, 1.165) is 11.3 Å². The Morgan fingerprint density at radius 2 is 2.35 bits per heavy atom. The average molecular weight is 293 g/mol. The predicted octanol–water partition coefficient (Wildman–Crippen LogP) is 1.53. The Morgan fingerprint density at radius 3 is 3.10 bits per heavy atom. The van der Waals surface area contributed by atoms with Gasteiger partial charge in [0, 0.05) is 30.2 Å². The molecule has 0 aliphatic carbocycles. The number of thioether (sulfide) groups is 1. The third kappa shape index (κ3) is 2.45. The molecule has 20 heavy (non-hydrogen) atoms. The van der Waals surface area contributed by atoms with Crippen LogP contribution in [0.3, 0.4) is 0 Å². The number of carbonyl (C=O) groups is 1.